The largest absolute Gasteiger partial charge is 0.354 e. The van der Waals surface area contributed by atoms with Gasteiger partial charge in [-0.3, -0.25) is 13.9 Å². The van der Waals surface area contributed by atoms with Gasteiger partial charge in [0.05, 0.1) is 25.7 Å². The fourth-order valence-electron chi connectivity index (χ4n) is 4.01. The molecule has 3 rings (SSSR count). The lowest BCUT2D eigenvalue weighted by atomic mass is 10.1. The second-order valence-electron chi connectivity index (χ2n) is 8.76. The lowest BCUT2D eigenvalue weighted by Gasteiger charge is -2.33. The summed E-state index contributed by atoms with van der Waals surface area (Å²) >= 11 is 18.7. The van der Waals surface area contributed by atoms with Gasteiger partial charge in [-0.2, -0.15) is 0 Å². The summed E-state index contributed by atoms with van der Waals surface area (Å²) in [7, 11) is -4.19. The summed E-state index contributed by atoms with van der Waals surface area (Å²) in [6.07, 6.45) is 1.03. The van der Waals surface area contributed by atoms with E-state index in [9.17, 15) is 18.0 Å². The Kier molecular flexibility index (Phi) is 11.1. The van der Waals surface area contributed by atoms with E-state index in [0.717, 1.165) is 10.7 Å². The van der Waals surface area contributed by atoms with Gasteiger partial charge >= 0.3 is 0 Å². The van der Waals surface area contributed by atoms with Crippen LogP contribution in [0.1, 0.15) is 32.3 Å². The van der Waals surface area contributed by atoms with E-state index in [1.165, 1.54) is 23.1 Å². The van der Waals surface area contributed by atoms with E-state index in [1.54, 1.807) is 61.5 Å². The highest BCUT2D eigenvalue weighted by Gasteiger charge is 2.34. The number of carbonyl (C=O) groups excluding carboxylic acids is 2. The van der Waals surface area contributed by atoms with Gasteiger partial charge in [-0.15, -0.1) is 0 Å². The van der Waals surface area contributed by atoms with Gasteiger partial charge in [-0.05, 0) is 54.8 Å². The van der Waals surface area contributed by atoms with E-state index >= 15 is 0 Å². The summed E-state index contributed by atoms with van der Waals surface area (Å²) in [5.41, 5.74) is 0.782. The number of halogens is 3. The number of rotatable bonds is 12. The molecule has 0 saturated carbocycles. The third-order valence-electron chi connectivity index (χ3n) is 6.00. The van der Waals surface area contributed by atoms with Crippen molar-refractivity contribution in [3.63, 3.8) is 0 Å². The van der Waals surface area contributed by atoms with E-state index in [2.05, 4.69) is 5.32 Å². The fraction of sp³-hybridized carbons (Fsp3) is 0.286. The Morgan fingerprint density at radius 2 is 1.54 bits per heavy atom. The van der Waals surface area contributed by atoms with Gasteiger partial charge < -0.3 is 10.2 Å². The SMILES string of the molecule is CCCNC(=O)[C@H](CC)N(Cc1ccc(Cl)c(Cl)c1)C(=O)CN(c1ccccc1Cl)S(=O)(=O)c1ccccc1. The molecule has 0 aliphatic carbocycles. The third kappa shape index (κ3) is 7.66. The Hall–Kier alpha value is -2.78. The molecule has 2 amide bonds. The van der Waals surface area contributed by atoms with Crippen molar-refractivity contribution in [3.8, 4) is 0 Å². The molecule has 0 bridgehead atoms. The zero-order valence-corrected chi connectivity index (χ0v) is 24.7. The van der Waals surface area contributed by atoms with Gasteiger partial charge in [-0.25, -0.2) is 8.42 Å². The predicted molar refractivity (Wildman–Crippen MR) is 157 cm³/mol. The fourth-order valence-corrected chi connectivity index (χ4v) is 6.07. The number of carbonyl (C=O) groups is 2. The third-order valence-corrected chi connectivity index (χ3v) is 8.84. The molecule has 0 aromatic heterocycles. The average molecular weight is 611 g/mol. The van der Waals surface area contributed by atoms with Crippen molar-refractivity contribution < 1.29 is 18.0 Å². The number of hydrogen-bond donors (Lipinski definition) is 1. The minimum Gasteiger partial charge on any atom is -0.354 e. The van der Waals surface area contributed by atoms with Gasteiger partial charge in [0.25, 0.3) is 10.0 Å². The van der Waals surface area contributed by atoms with Crippen LogP contribution in [-0.4, -0.2) is 44.3 Å². The van der Waals surface area contributed by atoms with E-state index in [1.807, 2.05) is 6.92 Å². The zero-order valence-electron chi connectivity index (χ0n) is 21.6. The molecule has 11 heteroatoms. The molecule has 0 saturated heterocycles. The molecule has 3 aromatic carbocycles. The van der Waals surface area contributed by atoms with Crippen molar-refractivity contribution in [1.29, 1.82) is 0 Å². The first-order valence-corrected chi connectivity index (χ1v) is 15.0. The number of benzene rings is 3. The van der Waals surface area contributed by atoms with Gasteiger partial charge in [0.2, 0.25) is 11.8 Å². The van der Waals surface area contributed by atoms with Crippen LogP contribution in [0, 0.1) is 0 Å². The maximum Gasteiger partial charge on any atom is 0.264 e. The molecule has 0 heterocycles. The normalized spacial score (nSPS) is 12.0. The van der Waals surface area contributed by atoms with Crippen LogP contribution >= 0.6 is 34.8 Å². The molecule has 0 radical (unpaired) electrons. The van der Waals surface area contributed by atoms with Crippen LogP contribution in [0.15, 0.2) is 77.7 Å². The molecule has 3 aromatic rings. The lowest BCUT2D eigenvalue weighted by Crippen LogP contribution is -2.52. The summed E-state index contributed by atoms with van der Waals surface area (Å²) in [5, 5.41) is 3.66. The van der Waals surface area contributed by atoms with E-state index in [0.29, 0.717) is 28.6 Å². The van der Waals surface area contributed by atoms with Crippen molar-refractivity contribution in [2.75, 3.05) is 17.4 Å². The number of sulfonamides is 1. The molecular formula is C28H30Cl3N3O4S. The molecule has 7 nitrogen and oxygen atoms in total. The quantitative estimate of drug-likeness (QED) is 0.266. The highest BCUT2D eigenvalue weighted by Crippen LogP contribution is 2.31. The Morgan fingerprint density at radius 1 is 0.872 bits per heavy atom. The molecular weight excluding hydrogens is 581 g/mol. The first-order valence-electron chi connectivity index (χ1n) is 12.4. The summed E-state index contributed by atoms with van der Waals surface area (Å²) < 4.78 is 28.5. The smallest absolute Gasteiger partial charge is 0.264 e. The molecule has 39 heavy (non-hydrogen) atoms. The number of nitrogens with one attached hydrogen (secondary N) is 1. The number of para-hydroxylation sites is 1. The second kappa shape index (κ2) is 14.0. The van der Waals surface area contributed by atoms with Crippen LogP contribution in [0.2, 0.25) is 15.1 Å². The highest BCUT2D eigenvalue weighted by atomic mass is 35.5. The molecule has 0 fully saturated rings. The maximum absolute atomic E-state index is 14.0. The van der Waals surface area contributed by atoms with Crippen LogP contribution in [0.5, 0.6) is 0 Å². The van der Waals surface area contributed by atoms with E-state index in [-0.39, 0.29) is 28.1 Å². The minimum atomic E-state index is -4.19. The van der Waals surface area contributed by atoms with Crippen LogP contribution < -0.4 is 9.62 Å². The average Bonchev–Trinajstić information content (AvgIpc) is 2.93. The first-order chi connectivity index (χ1) is 18.6. The van der Waals surface area contributed by atoms with Gasteiger partial charge in [0.15, 0.2) is 0 Å². The number of hydrogen-bond acceptors (Lipinski definition) is 4. The van der Waals surface area contributed by atoms with Crippen molar-refractivity contribution in [2.45, 2.75) is 44.2 Å². The number of anilines is 1. The molecule has 208 valence electrons. The summed E-state index contributed by atoms with van der Waals surface area (Å²) in [6.45, 7) is 3.58. The lowest BCUT2D eigenvalue weighted by molar-refractivity contribution is -0.140. The summed E-state index contributed by atoms with van der Waals surface area (Å²) in [6, 6.07) is 18.3. The van der Waals surface area contributed by atoms with Crippen molar-refractivity contribution in [1.82, 2.24) is 10.2 Å². The molecule has 1 N–H and O–H groups in total. The topological polar surface area (TPSA) is 86.8 Å². The molecule has 0 unspecified atom stereocenters. The maximum atomic E-state index is 14.0. The van der Waals surface area contributed by atoms with Crippen molar-refractivity contribution in [2.24, 2.45) is 0 Å². The van der Waals surface area contributed by atoms with Crippen LogP contribution in [0.25, 0.3) is 0 Å². The Bertz CT molecular complexity index is 1400. The standard InChI is InChI=1S/C28H30Cl3N3O4S/c1-3-16-32-28(36)25(4-2)33(18-20-14-15-22(29)24(31)17-20)27(35)19-34(26-13-9-8-12-23(26)30)39(37,38)21-10-6-5-7-11-21/h5-15,17,25H,3-4,16,18-19H2,1-2H3,(H,32,36)/t25-/m0/s1. The number of amides is 2. The second-order valence-corrected chi connectivity index (χ2v) is 11.8. The van der Waals surface area contributed by atoms with Crippen LogP contribution in [0.3, 0.4) is 0 Å². The van der Waals surface area contributed by atoms with E-state index in [4.69, 9.17) is 34.8 Å². The molecule has 0 aliphatic rings. The Morgan fingerprint density at radius 3 is 2.15 bits per heavy atom. The first kappa shape index (κ1) is 30.8. The van der Waals surface area contributed by atoms with Crippen molar-refractivity contribution in [3.05, 3.63) is 93.4 Å². The summed E-state index contributed by atoms with van der Waals surface area (Å²) in [5.74, 6) is -0.915. The minimum absolute atomic E-state index is 0.00137. The predicted octanol–water partition coefficient (Wildman–Crippen LogP) is 6.18. The molecule has 0 spiro atoms. The zero-order chi connectivity index (χ0) is 28.6. The van der Waals surface area contributed by atoms with Gasteiger partial charge in [0.1, 0.15) is 12.6 Å². The van der Waals surface area contributed by atoms with Crippen LogP contribution in [-0.2, 0) is 26.2 Å². The summed E-state index contributed by atoms with van der Waals surface area (Å²) in [4.78, 5) is 28.5. The number of nitrogens with zero attached hydrogens (tertiary/aromatic N) is 2. The van der Waals surface area contributed by atoms with Crippen molar-refractivity contribution >= 4 is 62.3 Å². The van der Waals surface area contributed by atoms with E-state index < -0.39 is 28.5 Å². The van der Waals surface area contributed by atoms with Gasteiger partial charge in [0, 0.05) is 13.1 Å². The molecule has 0 aliphatic heterocycles. The Labute approximate surface area is 244 Å². The monoisotopic (exact) mass is 609 g/mol. The van der Waals surface area contributed by atoms with Crippen LogP contribution in [0.4, 0.5) is 5.69 Å². The Balaban J connectivity index is 2.06. The molecule has 1 atom stereocenters. The highest BCUT2D eigenvalue weighted by molar-refractivity contribution is 7.92. The van der Waals surface area contributed by atoms with Gasteiger partial charge in [-0.1, -0.05) is 85.0 Å².